The lowest BCUT2D eigenvalue weighted by atomic mass is 10.2. The number of carbonyl (C=O) groups excluding carboxylic acids is 2. The Morgan fingerprint density at radius 1 is 1.13 bits per heavy atom. The van der Waals surface area contributed by atoms with Gasteiger partial charge in [-0.05, 0) is 38.1 Å². The van der Waals surface area contributed by atoms with E-state index >= 15 is 0 Å². The van der Waals surface area contributed by atoms with Crippen LogP contribution in [0.2, 0.25) is 0 Å². The fourth-order valence-electron chi connectivity index (χ4n) is 4.24. The molecule has 0 spiro atoms. The number of fused-ring (bicyclic) bond motifs is 1. The van der Waals surface area contributed by atoms with Gasteiger partial charge >= 0.3 is 5.97 Å². The van der Waals surface area contributed by atoms with E-state index < -0.39 is 0 Å². The summed E-state index contributed by atoms with van der Waals surface area (Å²) >= 11 is 3.49. The number of nitrogens with one attached hydrogen (secondary N) is 2. The fraction of sp³-hybridized carbons (Fsp3) is 0.357. The zero-order valence-corrected chi connectivity index (χ0v) is 23.9. The minimum atomic E-state index is -0.234. The van der Waals surface area contributed by atoms with Gasteiger partial charge in [-0.3, -0.25) is 14.5 Å². The Balaban J connectivity index is 1.35. The number of benzene rings is 2. The summed E-state index contributed by atoms with van der Waals surface area (Å²) < 4.78 is 11.7. The van der Waals surface area contributed by atoms with Crippen molar-refractivity contribution in [3.05, 3.63) is 59.4 Å². The zero-order chi connectivity index (χ0) is 27.8. The topological polar surface area (TPSA) is 109 Å². The Bertz CT molecular complexity index is 1340. The lowest BCUT2D eigenvalue weighted by molar-refractivity contribution is -0.149. The van der Waals surface area contributed by atoms with Crippen molar-refractivity contribution in [2.45, 2.75) is 20.0 Å². The van der Waals surface area contributed by atoms with E-state index in [1.54, 1.807) is 24.2 Å². The molecule has 11 heteroatoms. The highest BCUT2D eigenvalue weighted by molar-refractivity contribution is 9.10. The third kappa shape index (κ3) is 7.90. The molecule has 1 aliphatic heterocycles. The molecule has 0 unspecified atom stereocenters. The number of nitrogens with zero attached hydrogens (tertiary/aromatic N) is 4. The molecule has 39 heavy (non-hydrogen) atoms. The SMILES string of the molecule is COc1cc2ncnc(Nc3cccc(Br)c3)c2cc1NCC=CC(=O)N1CCN(CC(=O)OC(C)C)CC1. The quantitative estimate of drug-likeness (QED) is 0.263. The van der Waals surface area contributed by atoms with E-state index in [2.05, 4.69) is 36.5 Å². The van der Waals surface area contributed by atoms with Gasteiger partial charge in [0.2, 0.25) is 5.91 Å². The van der Waals surface area contributed by atoms with Gasteiger partial charge in [0, 0.05) is 60.4 Å². The van der Waals surface area contributed by atoms with Gasteiger partial charge in [0.05, 0.1) is 31.0 Å². The van der Waals surface area contributed by atoms with Crippen LogP contribution in [0.5, 0.6) is 5.75 Å². The van der Waals surface area contributed by atoms with Crippen molar-refractivity contribution in [3.63, 3.8) is 0 Å². The molecule has 0 radical (unpaired) electrons. The molecular weight excluding hydrogens is 564 g/mol. The molecule has 206 valence electrons. The Labute approximate surface area is 236 Å². The standard InChI is InChI=1S/C28H33BrN6O4/c1-19(2)39-27(37)17-34-10-12-35(13-11-34)26(36)8-5-9-30-24-15-22-23(16-25(24)38-3)31-18-32-28(22)33-21-7-4-6-20(29)14-21/h4-8,14-16,18-19,30H,9-13,17H2,1-3H3,(H,31,32,33). The van der Waals surface area contributed by atoms with Crippen molar-refractivity contribution in [1.29, 1.82) is 0 Å². The molecule has 2 N–H and O–H groups in total. The highest BCUT2D eigenvalue weighted by atomic mass is 79.9. The first-order chi connectivity index (χ1) is 18.8. The smallest absolute Gasteiger partial charge is 0.320 e. The molecule has 1 fully saturated rings. The van der Waals surface area contributed by atoms with Gasteiger partial charge in [-0.25, -0.2) is 9.97 Å². The Hall–Kier alpha value is -3.70. The molecule has 2 heterocycles. The molecule has 10 nitrogen and oxygen atoms in total. The monoisotopic (exact) mass is 596 g/mol. The van der Waals surface area contributed by atoms with Crippen molar-refractivity contribution in [2.75, 3.05) is 57.0 Å². The van der Waals surface area contributed by atoms with Crippen LogP contribution in [0.4, 0.5) is 17.2 Å². The van der Waals surface area contributed by atoms with E-state index in [9.17, 15) is 9.59 Å². The number of amides is 1. The molecule has 0 saturated carbocycles. The number of hydrogen-bond donors (Lipinski definition) is 2. The number of methoxy groups -OCH3 is 1. The molecule has 4 rings (SSSR count). The normalized spacial score (nSPS) is 14.1. The summed E-state index contributed by atoms with van der Waals surface area (Å²) in [5, 5.41) is 7.51. The Kier molecular flexibility index (Phi) is 9.72. The third-order valence-corrected chi connectivity index (χ3v) is 6.61. The minimum absolute atomic E-state index is 0.0550. The third-order valence-electron chi connectivity index (χ3n) is 6.12. The number of ether oxygens (including phenoxy) is 2. The zero-order valence-electron chi connectivity index (χ0n) is 22.3. The average Bonchev–Trinajstić information content (AvgIpc) is 2.90. The molecule has 3 aromatic rings. The maximum Gasteiger partial charge on any atom is 0.320 e. The van der Waals surface area contributed by atoms with Gasteiger partial charge in [-0.2, -0.15) is 0 Å². The van der Waals surface area contributed by atoms with E-state index in [-0.39, 0.29) is 24.5 Å². The second kappa shape index (κ2) is 13.4. The summed E-state index contributed by atoms with van der Waals surface area (Å²) in [7, 11) is 1.61. The number of piperazine rings is 1. The van der Waals surface area contributed by atoms with E-state index in [1.807, 2.05) is 55.1 Å². The van der Waals surface area contributed by atoms with Crippen LogP contribution in [0.1, 0.15) is 13.8 Å². The second-order valence-corrected chi connectivity index (χ2v) is 10.3. The number of esters is 1. The summed E-state index contributed by atoms with van der Waals surface area (Å²) in [5.74, 6) is 1.02. The van der Waals surface area contributed by atoms with Crippen LogP contribution in [-0.2, 0) is 14.3 Å². The summed E-state index contributed by atoms with van der Waals surface area (Å²) in [6.45, 7) is 6.75. The molecule has 0 bridgehead atoms. The van der Waals surface area contributed by atoms with Crippen molar-refractivity contribution in [2.24, 2.45) is 0 Å². The first-order valence-corrected chi connectivity index (χ1v) is 13.6. The van der Waals surface area contributed by atoms with E-state index in [0.717, 1.165) is 26.8 Å². The Morgan fingerprint density at radius 2 is 1.92 bits per heavy atom. The summed E-state index contributed by atoms with van der Waals surface area (Å²) in [6.07, 6.45) is 4.76. The maximum atomic E-state index is 12.7. The van der Waals surface area contributed by atoms with Crippen LogP contribution in [0.25, 0.3) is 10.9 Å². The molecule has 0 aliphatic carbocycles. The summed E-state index contributed by atoms with van der Waals surface area (Å²) in [5.41, 5.74) is 2.40. The number of aromatic nitrogens is 2. The van der Waals surface area contributed by atoms with Crippen molar-refractivity contribution < 1.29 is 19.1 Å². The predicted octanol–water partition coefficient (Wildman–Crippen LogP) is 4.21. The molecular formula is C28H33BrN6O4. The van der Waals surface area contributed by atoms with E-state index in [0.29, 0.717) is 44.3 Å². The molecule has 1 aliphatic rings. The second-order valence-electron chi connectivity index (χ2n) is 9.35. The number of hydrogen-bond acceptors (Lipinski definition) is 9. The van der Waals surface area contributed by atoms with Crippen molar-refractivity contribution in [3.8, 4) is 5.75 Å². The molecule has 2 aromatic carbocycles. The Morgan fingerprint density at radius 3 is 2.64 bits per heavy atom. The van der Waals surface area contributed by atoms with Gasteiger partial charge in [-0.15, -0.1) is 0 Å². The van der Waals surface area contributed by atoms with Gasteiger partial charge < -0.3 is 25.0 Å². The average molecular weight is 598 g/mol. The lowest BCUT2D eigenvalue weighted by Gasteiger charge is -2.33. The predicted molar refractivity (Wildman–Crippen MR) is 155 cm³/mol. The van der Waals surface area contributed by atoms with Crippen LogP contribution in [-0.4, -0.2) is 84.1 Å². The molecule has 1 saturated heterocycles. The van der Waals surface area contributed by atoms with Crippen molar-refractivity contribution >= 4 is 55.9 Å². The molecule has 0 atom stereocenters. The number of rotatable bonds is 10. The number of carbonyl (C=O) groups is 2. The summed E-state index contributed by atoms with van der Waals surface area (Å²) in [6, 6.07) is 11.6. The van der Waals surface area contributed by atoms with Gasteiger partial charge in [0.1, 0.15) is 17.9 Å². The van der Waals surface area contributed by atoms with Gasteiger partial charge in [0.15, 0.2) is 0 Å². The minimum Gasteiger partial charge on any atom is -0.495 e. The van der Waals surface area contributed by atoms with Crippen LogP contribution in [0.15, 0.2) is 59.4 Å². The molecule has 1 aromatic heterocycles. The number of halogens is 1. The molecule has 1 amide bonds. The van der Waals surface area contributed by atoms with Crippen LogP contribution < -0.4 is 15.4 Å². The highest BCUT2D eigenvalue weighted by Crippen LogP contribution is 2.33. The van der Waals surface area contributed by atoms with Gasteiger partial charge in [0.25, 0.3) is 0 Å². The van der Waals surface area contributed by atoms with Crippen LogP contribution in [0, 0.1) is 0 Å². The van der Waals surface area contributed by atoms with Crippen LogP contribution >= 0.6 is 15.9 Å². The first-order valence-electron chi connectivity index (χ1n) is 12.8. The van der Waals surface area contributed by atoms with E-state index in [4.69, 9.17) is 9.47 Å². The van der Waals surface area contributed by atoms with Crippen molar-refractivity contribution in [1.82, 2.24) is 19.8 Å². The lowest BCUT2D eigenvalue weighted by Crippen LogP contribution is -2.49. The largest absolute Gasteiger partial charge is 0.495 e. The highest BCUT2D eigenvalue weighted by Gasteiger charge is 2.22. The van der Waals surface area contributed by atoms with Crippen LogP contribution in [0.3, 0.4) is 0 Å². The first kappa shape index (κ1) is 28.3. The maximum absolute atomic E-state index is 12.7. The number of anilines is 3. The van der Waals surface area contributed by atoms with E-state index in [1.165, 1.54) is 6.33 Å². The van der Waals surface area contributed by atoms with Gasteiger partial charge in [-0.1, -0.05) is 28.1 Å². The fourth-order valence-corrected chi connectivity index (χ4v) is 4.64. The summed E-state index contributed by atoms with van der Waals surface area (Å²) in [4.78, 5) is 37.2.